The standard InChI is InChI=1S/C16H15NO5S/c1-23(20,21)15-8-4-13(5-9-15)17-16(19)11-22-14-6-2-12(10-18)3-7-14/h2-10H,11H2,1H3,(H,17,19). The largest absolute Gasteiger partial charge is 0.484 e. The quantitative estimate of drug-likeness (QED) is 0.816. The molecule has 0 spiro atoms. The smallest absolute Gasteiger partial charge is 0.262 e. The molecular formula is C16H15NO5S. The highest BCUT2D eigenvalue weighted by atomic mass is 32.2. The third kappa shape index (κ3) is 4.93. The highest BCUT2D eigenvalue weighted by Gasteiger charge is 2.08. The van der Waals surface area contributed by atoms with E-state index in [4.69, 9.17) is 4.74 Å². The molecule has 0 bridgehead atoms. The van der Waals surface area contributed by atoms with E-state index >= 15 is 0 Å². The molecule has 7 heteroatoms. The van der Waals surface area contributed by atoms with E-state index in [1.165, 1.54) is 24.3 Å². The Morgan fingerprint density at radius 2 is 1.70 bits per heavy atom. The lowest BCUT2D eigenvalue weighted by Gasteiger charge is -2.08. The maximum Gasteiger partial charge on any atom is 0.262 e. The summed E-state index contributed by atoms with van der Waals surface area (Å²) in [5.74, 6) is 0.0924. The van der Waals surface area contributed by atoms with Crippen molar-refractivity contribution in [2.24, 2.45) is 0 Å². The van der Waals surface area contributed by atoms with Gasteiger partial charge in [-0.25, -0.2) is 8.42 Å². The first-order valence-corrected chi connectivity index (χ1v) is 8.55. The van der Waals surface area contributed by atoms with E-state index in [1.807, 2.05) is 0 Å². The Labute approximate surface area is 134 Å². The number of benzene rings is 2. The Morgan fingerprint density at radius 3 is 2.22 bits per heavy atom. The van der Waals surface area contributed by atoms with E-state index < -0.39 is 9.84 Å². The van der Waals surface area contributed by atoms with Gasteiger partial charge in [-0.15, -0.1) is 0 Å². The molecule has 0 aliphatic carbocycles. The van der Waals surface area contributed by atoms with Crippen molar-refractivity contribution in [3.8, 4) is 5.75 Å². The zero-order valence-corrected chi connectivity index (χ0v) is 13.2. The number of anilines is 1. The number of amides is 1. The second-order valence-electron chi connectivity index (χ2n) is 4.82. The number of carbonyl (C=O) groups is 2. The van der Waals surface area contributed by atoms with Gasteiger partial charge in [0.1, 0.15) is 12.0 Å². The lowest BCUT2D eigenvalue weighted by Crippen LogP contribution is -2.20. The molecule has 0 heterocycles. The van der Waals surface area contributed by atoms with Crippen LogP contribution < -0.4 is 10.1 Å². The Morgan fingerprint density at radius 1 is 1.09 bits per heavy atom. The minimum Gasteiger partial charge on any atom is -0.484 e. The van der Waals surface area contributed by atoms with Gasteiger partial charge in [0.2, 0.25) is 0 Å². The number of hydrogen-bond donors (Lipinski definition) is 1. The fourth-order valence-corrected chi connectivity index (χ4v) is 2.40. The summed E-state index contributed by atoms with van der Waals surface area (Å²) in [6, 6.07) is 12.2. The first kappa shape index (κ1) is 16.7. The molecule has 2 aromatic carbocycles. The van der Waals surface area contributed by atoms with Crippen LogP contribution in [0.25, 0.3) is 0 Å². The van der Waals surface area contributed by atoms with Gasteiger partial charge in [0.25, 0.3) is 5.91 Å². The second-order valence-corrected chi connectivity index (χ2v) is 6.84. The Kier molecular flexibility index (Phi) is 5.13. The van der Waals surface area contributed by atoms with Crippen molar-refractivity contribution >= 4 is 27.7 Å². The molecule has 0 unspecified atom stereocenters. The maximum atomic E-state index is 11.8. The maximum absolute atomic E-state index is 11.8. The van der Waals surface area contributed by atoms with Gasteiger partial charge in [-0.3, -0.25) is 9.59 Å². The van der Waals surface area contributed by atoms with Gasteiger partial charge >= 0.3 is 0 Å². The van der Waals surface area contributed by atoms with E-state index in [1.54, 1.807) is 24.3 Å². The number of rotatable bonds is 6. The van der Waals surface area contributed by atoms with Crippen molar-refractivity contribution in [3.63, 3.8) is 0 Å². The van der Waals surface area contributed by atoms with E-state index in [0.717, 1.165) is 12.5 Å². The minimum atomic E-state index is -3.26. The number of sulfone groups is 1. The number of nitrogens with one attached hydrogen (secondary N) is 1. The number of carbonyl (C=O) groups excluding carboxylic acids is 2. The Hall–Kier alpha value is -2.67. The van der Waals surface area contributed by atoms with Crippen molar-refractivity contribution in [2.75, 3.05) is 18.2 Å². The van der Waals surface area contributed by atoms with Crippen LogP contribution in [-0.4, -0.2) is 33.5 Å². The lowest BCUT2D eigenvalue weighted by molar-refractivity contribution is -0.118. The third-order valence-electron chi connectivity index (χ3n) is 2.95. The van der Waals surface area contributed by atoms with Gasteiger partial charge in [-0.05, 0) is 48.5 Å². The molecule has 6 nitrogen and oxygen atoms in total. The molecule has 2 rings (SSSR count). The van der Waals surface area contributed by atoms with Crippen molar-refractivity contribution in [3.05, 3.63) is 54.1 Å². The predicted octanol–water partition coefficient (Wildman–Crippen LogP) is 1.92. The van der Waals surface area contributed by atoms with Crippen LogP contribution in [0, 0.1) is 0 Å². The van der Waals surface area contributed by atoms with E-state index in [-0.39, 0.29) is 17.4 Å². The van der Waals surface area contributed by atoms with Gasteiger partial charge in [0.05, 0.1) is 4.90 Å². The van der Waals surface area contributed by atoms with Gasteiger partial charge in [-0.2, -0.15) is 0 Å². The third-order valence-corrected chi connectivity index (χ3v) is 4.08. The molecule has 0 saturated carbocycles. The second kappa shape index (κ2) is 7.06. The predicted molar refractivity (Wildman–Crippen MR) is 85.5 cm³/mol. The summed E-state index contributed by atoms with van der Waals surface area (Å²) in [7, 11) is -3.26. The number of hydrogen-bond acceptors (Lipinski definition) is 5. The van der Waals surface area contributed by atoms with Crippen molar-refractivity contribution in [1.82, 2.24) is 0 Å². The van der Waals surface area contributed by atoms with Gasteiger partial charge in [0, 0.05) is 17.5 Å². The van der Waals surface area contributed by atoms with Crippen LogP contribution >= 0.6 is 0 Å². The van der Waals surface area contributed by atoms with Crippen molar-refractivity contribution in [1.29, 1.82) is 0 Å². The highest BCUT2D eigenvalue weighted by Crippen LogP contribution is 2.14. The molecule has 0 aliphatic heterocycles. The molecule has 0 saturated heterocycles. The molecule has 0 aliphatic rings. The van der Waals surface area contributed by atoms with Crippen LogP contribution in [0.15, 0.2) is 53.4 Å². The van der Waals surface area contributed by atoms with E-state index in [2.05, 4.69) is 5.32 Å². The summed E-state index contributed by atoms with van der Waals surface area (Å²) in [6.07, 6.45) is 1.83. The van der Waals surface area contributed by atoms with Gasteiger partial charge in [0.15, 0.2) is 16.4 Å². The van der Waals surface area contributed by atoms with Crippen LogP contribution in [-0.2, 0) is 14.6 Å². The number of aldehydes is 1. The average molecular weight is 333 g/mol. The summed E-state index contributed by atoms with van der Waals surface area (Å²) in [4.78, 5) is 22.5. The monoisotopic (exact) mass is 333 g/mol. The number of ether oxygens (including phenoxy) is 1. The summed E-state index contributed by atoms with van der Waals surface area (Å²) in [5, 5.41) is 2.60. The molecule has 0 atom stereocenters. The van der Waals surface area contributed by atoms with E-state index in [0.29, 0.717) is 17.0 Å². The molecule has 1 amide bonds. The Balaban J connectivity index is 1.90. The average Bonchev–Trinajstić information content (AvgIpc) is 2.53. The molecular weight excluding hydrogens is 318 g/mol. The van der Waals surface area contributed by atoms with Gasteiger partial charge in [-0.1, -0.05) is 0 Å². The molecule has 120 valence electrons. The molecule has 0 aromatic heterocycles. The molecule has 1 N–H and O–H groups in total. The summed E-state index contributed by atoms with van der Waals surface area (Å²) >= 11 is 0. The zero-order chi connectivity index (χ0) is 16.9. The zero-order valence-electron chi connectivity index (χ0n) is 12.4. The summed E-state index contributed by atoms with van der Waals surface area (Å²) in [5.41, 5.74) is 0.995. The van der Waals surface area contributed by atoms with E-state index in [9.17, 15) is 18.0 Å². The summed E-state index contributed by atoms with van der Waals surface area (Å²) < 4.78 is 28.0. The summed E-state index contributed by atoms with van der Waals surface area (Å²) in [6.45, 7) is -0.200. The minimum absolute atomic E-state index is 0.182. The molecule has 0 fully saturated rings. The molecule has 0 radical (unpaired) electrons. The van der Waals surface area contributed by atoms with Crippen LogP contribution in [0.5, 0.6) is 5.75 Å². The fourth-order valence-electron chi connectivity index (χ4n) is 1.77. The van der Waals surface area contributed by atoms with Crippen molar-refractivity contribution < 1.29 is 22.7 Å². The van der Waals surface area contributed by atoms with Crippen LogP contribution in [0.2, 0.25) is 0 Å². The SMILES string of the molecule is CS(=O)(=O)c1ccc(NC(=O)COc2ccc(C=O)cc2)cc1. The first-order valence-electron chi connectivity index (χ1n) is 6.66. The normalized spacial score (nSPS) is 10.8. The van der Waals surface area contributed by atoms with Crippen LogP contribution in [0.3, 0.4) is 0 Å². The Bertz CT molecular complexity index is 795. The van der Waals surface area contributed by atoms with Crippen LogP contribution in [0.1, 0.15) is 10.4 Å². The van der Waals surface area contributed by atoms with Crippen molar-refractivity contribution in [2.45, 2.75) is 4.90 Å². The highest BCUT2D eigenvalue weighted by molar-refractivity contribution is 7.90. The topological polar surface area (TPSA) is 89.5 Å². The first-order chi connectivity index (χ1) is 10.9. The fraction of sp³-hybridized carbons (Fsp3) is 0.125. The molecule has 2 aromatic rings. The van der Waals surface area contributed by atoms with Gasteiger partial charge < -0.3 is 10.1 Å². The van der Waals surface area contributed by atoms with Crippen LogP contribution in [0.4, 0.5) is 5.69 Å². The lowest BCUT2D eigenvalue weighted by atomic mass is 10.2. The molecule has 23 heavy (non-hydrogen) atoms.